The van der Waals surface area contributed by atoms with E-state index >= 15 is 0 Å². The predicted molar refractivity (Wildman–Crippen MR) is 89.4 cm³/mol. The third kappa shape index (κ3) is 16.2. The molecular weight excluding hydrogens is 304 g/mol. The van der Waals surface area contributed by atoms with Gasteiger partial charge in [0.15, 0.2) is 0 Å². The fourth-order valence-electron chi connectivity index (χ4n) is 2.34. The van der Waals surface area contributed by atoms with Crippen molar-refractivity contribution in [2.45, 2.75) is 90.6 Å². The van der Waals surface area contributed by atoms with Gasteiger partial charge in [0.25, 0.3) is 0 Å². The second-order valence-corrected chi connectivity index (χ2v) is 6.86. The highest BCUT2D eigenvalue weighted by Gasteiger charge is 2.16. The van der Waals surface area contributed by atoms with Gasteiger partial charge in [-0.3, -0.25) is 4.55 Å². The summed E-state index contributed by atoms with van der Waals surface area (Å²) < 4.78 is 40.7. The number of rotatable bonds is 16. The highest BCUT2D eigenvalue weighted by molar-refractivity contribution is 7.80. The van der Waals surface area contributed by atoms with Crippen LogP contribution < -0.4 is 0 Å². The fourth-order valence-corrected chi connectivity index (χ4v) is 2.87. The molecule has 1 N–H and O–H groups in total. The molecule has 5 nitrogen and oxygen atoms in total. The third-order valence-electron chi connectivity index (χ3n) is 3.61. The first-order valence-electron chi connectivity index (χ1n) is 8.73. The zero-order valence-corrected chi connectivity index (χ0v) is 15.1. The normalized spacial score (nSPS) is 13.4. The van der Waals surface area contributed by atoms with Crippen LogP contribution in [0.4, 0.5) is 0 Å². The highest BCUT2D eigenvalue weighted by Crippen LogP contribution is 2.13. The van der Waals surface area contributed by atoms with E-state index in [-0.39, 0.29) is 0 Å². The molecule has 0 aromatic rings. The lowest BCUT2D eigenvalue weighted by molar-refractivity contribution is 0.0827. The topological polar surface area (TPSA) is 72.8 Å². The maximum atomic E-state index is 10.8. The molecule has 22 heavy (non-hydrogen) atoms. The summed E-state index contributed by atoms with van der Waals surface area (Å²) in [5.41, 5.74) is 0. The molecule has 0 spiro atoms. The van der Waals surface area contributed by atoms with Gasteiger partial charge in [0.2, 0.25) is 0 Å². The molecule has 0 bridgehead atoms. The molecule has 0 radical (unpaired) electrons. The summed E-state index contributed by atoms with van der Waals surface area (Å²) >= 11 is 0. The first kappa shape index (κ1) is 21.8. The Morgan fingerprint density at radius 1 is 0.818 bits per heavy atom. The van der Waals surface area contributed by atoms with Crippen LogP contribution in [0.3, 0.4) is 0 Å². The van der Waals surface area contributed by atoms with Gasteiger partial charge in [0.05, 0.1) is 6.10 Å². The van der Waals surface area contributed by atoms with E-state index in [1.54, 1.807) is 0 Å². The molecule has 134 valence electrons. The summed E-state index contributed by atoms with van der Waals surface area (Å²) in [6.45, 7) is 5.47. The van der Waals surface area contributed by atoms with Crippen molar-refractivity contribution in [1.82, 2.24) is 0 Å². The van der Waals surface area contributed by atoms with Crippen molar-refractivity contribution in [2.75, 3.05) is 13.2 Å². The van der Waals surface area contributed by atoms with E-state index in [4.69, 9.17) is 13.5 Å². The van der Waals surface area contributed by atoms with Crippen molar-refractivity contribution in [3.05, 3.63) is 0 Å². The number of unbranched alkanes of at least 4 members (excludes halogenated alkanes) is 7. The van der Waals surface area contributed by atoms with Gasteiger partial charge in [-0.25, -0.2) is 4.18 Å². The zero-order valence-electron chi connectivity index (χ0n) is 14.3. The Hall–Kier alpha value is -0.170. The van der Waals surface area contributed by atoms with E-state index in [9.17, 15) is 8.42 Å². The van der Waals surface area contributed by atoms with Crippen LogP contribution in [0.15, 0.2) is 0 Å². The molecule has 1 unspecified atom stereocenters. The van der Waals surface area contributed by atoms with Crippen molar-refractivity contribution in [2.24, 2.45) is 0 Å². The molecule has 1 atom stereocenters. The monoisotopic (exact) mass is 338 g/mol. The van der Waals surface area contributed by atoms with Crippen molar-refractivity contribution in [3.8, 4) is 0 Å². The fraction of sp³-hybridized carbons (Fsp3) is 1.00. The summed E-state index contributed by atoms with van der Waals surface area (Å²) in [5, 5.41) is 0. The quantitative estimate of drug-likeness (QED) is 0.331. The van der Waals surface area contributed by atoms with Crippen LogP contribution in [-0.2, 0) is 19.3 Å². The molecule has 0 aliphatic rings. The van der Waals surface area contributed by atoms with Gasteiger partial charge in [-0.2, -0.15) is 8.42 Å². The molecule has 0 aliphatic heterocycles. The molecule has 0 heterocycles. The molecule has 0 aromatic carbocycles. The molecule has 6 heteroatoms. The first-order valence-corrected chi connectivity index (χ1v) is 10.1. The average molecular weight is 339 g/mol. The number of ether oxygens (including phenoxy) is 1. The minimum atomic E-state index is -4.38. The average Bonchev–Trinajstić information content (AvgIpc) is 2.44. The molecule has 0 amide bonds. The summed E-state index contributed by atoms with van der Waals surface area (Å²) in [6, 6.07) is 0. The second-order valence-electron chi connectivity index (χ2n) is 5.81. The third-order valence-corrected chi connectivity index (χ3v) is 4.13. The predicted octanol–water partition coefficient (Wildman–Crippen LogP) is 4.52. The van der Waals surface area contributed by atoms with Gasteiger partial charge in [-0.1, -0.05) is 65.2 Å². The largest absolute Gasteiger partial charge is 0.397 e. The van der Waals surface area contributed by atoms with Crippen LogP contribution in [0.5, 0.6) is 0 Å². The lowest BCUT2D eigenvalue weighted by atomic mass is 10.1. The standard InChI is InChI=1S/C16H34O5S/c1-3-5-7-8-9-11-14-20-15-13-16(12-10-6-4-2)21-22(17,18)19/h16H,3-15H2,1-2H3,(H,17,18,19). The Morgan fingerprint density at radius 2 is 1.41 bits per heavy atom. The van der Waals surface area contributed by atoms with E-state index in [0.717, 1.165) is 25.7 Å². The van der Waals surface area contributed by atoms with Gasteiger partial charge in [0.1, 0.15) is 0 Å². The minimum absolute atomic E-state index is 0.473. The SMILES string of the molecule is CCCCCCCCOCCC(CCCCC)OS(=O)(=O)O. The molecule has 0 fully saturated rings. The summed E-state index contributed by atoms with van der Waals surface area (Å²) in [4.78, 5) is 0. The van der Waals surface area contributed by atoms with Crippen molar-refractivity contribution in [1.29, 1.82) is 0 Å². The van der Waals surface area contributed by atoms with Gasteiger partial charge >= 0.3 is 10.4 Å². The van der Waals surface area contributed by atoms with Gasteiger partial charge < -0.3 is 4.74 Å². The van der Waals surface area contributed by atoms with Crippen LogP contribution in [-0.4, -0.2) is 32.3 Å². The molecule has 0 aromatic heterocycles. The zero-order chi connectivity index (χ0) is 16.7. The van der Waals surface area contributed by atoms with Gasteiger partial charge in [0, 0.05) is 13.2 Å². The highest BCUT2D eigenvalue weighted by atomic mass is 32.3. The van der Waals surface area contributed by atoms with Crippen LogP contribution >= 0.6 is 0 Å². The smallest absolute Gasteiger partial charge is 0.381 e. The Kier molecular flexibility index (Phi) is 14.3. The maximum absolute atomic E-state index is 10.8. The summed E-state index contributed by atoms with van der Waals surface area (Å²) in [6.07, 6.45) is 11.0. The number of hydrogen-bond acceptors (Lipinski definition) is 4. The second kappa shape index (κ2) is 14.4. The molecular formula is C16H34O5S. The van der Waals surface area contributed by atoms with Crippen molar-refractivity contribution >= 4 is 10.4 Å². The molecule has 0 aliphatic carbocycles. The Labute approximate surface area is 136 Å². The Balaban J connectivity index is 3.69. The van der Waals surface area contributed by atoms with Crippen molar-refractivity contribution < 1.29 is 21.9 Å². The Bertz CT molecular complexity index is 329. The summed E-state index contributed by atoms with van der Waals surface area (Å²) in [5.74, 6) is 0. The van der Waals surface area contributed by atoms with Crippen LogP contribution in [0.25, 0.3) is 0 Å². The first-order chi connectivity index (χ1) is 10.5. The van der Waals surface area contributed by atoms with Crippen LogP contribution in [0, 0.1) is 0 Å². The molecule has 0 saturated heterocycles. The van der Waals surface area contributed by atoms with E-state index < -0.39 is 16.5 Å². The van der Waals surface area contributed by atoms with Crippen molar-refractivity contribution in [3.63, 3.8) is 0 Å². The van der Waals surface area contributed by atoms with Crippen LogP contribution in [0.1, 0.15) is 84.5 Å². The van der Waals surface area contributed by atoms with E-state index in [0.29, 0.717) is 26.1 Å². The lowest BCUT2D eigenvalue weighted by Crippen LogP contribution is -2.20. The number of hydrogen-bond donors (Lipinski definition) is 1. The molecule has 0 rings (SSSR count). The van der Waals surface area contributed by atoms with E-state index in [2.05, 4.69) is 13.8 Å². The maximum Gasteiger partial charge on any atom is 0.397 e. The van der Waals surface area contributed by atoms with Gasteiger partial charge in [-0.15, -0.1) is 0 Å². The van der Waals surface area contributed by atoms with E-state index in [1.165, 1.54) is 32.1 Å². The van der Waals surface area contributed by atoms with Crippen LogP contribution in [0.2, 0.25) is 0 Å². The van der Waals surface area contributed by atoms with Gasteiger partial charge in [-0.05, 0) is 19.3 Å². The molecule has 0 saturated carbocycles. The van der Waals surface area contributed by atoms with E-state index in [1.807, 2.05) is 0 Å². The Morgan fingerprint density at radius 3 is 2.05 bits per heavy atom. The lowest BCUT2D eigenvalue weighted by Gasteiger charge is -2.15. The summed E-state index contributed by atoms with van der Waals surface area (Å²) in [7, 11) is -4.38. The minimum Gasteiger partial charge on any atom is -0.381 e.